The molecular weight excluding hydrogens is 432 g/mol. The Labute approximate surface area is 191 Å². The zero-order valence-electron chi connectivity index (χ0n) is 18.7. The van der Waals surface area contributed by atoms with Crippen LogP contribution >= 0.6 is 11.8 Å². The third-order valence-electron chi connectivity index (χ3n) is 4.50. The third-order valence-corrected chi connectivity index (χ3v) is 5.46. The van der Waals surface area contributed by atoms with Crippen molar-refractivity contribution in [2.75, 3.05) is 38.5 Å². The largest absolute Gasteiger partial charge is 0.497 e. The van der Waals surface area contributed by atoms with Gasteiger partial charge in [0.05, 0.1) is 32.6 Å². The van der Waals surface area contributed by atoms with E-state index in [1.807, 2.05) is 42.8 Å². The summed E-state index contributed by atoms with van der Waals surface area (Å²) in [5.41, 5.74) is 1.43. The van der Waals surface area contributed by atoms with E-state index in [1.54, 1.807) is 25.0 Å². The molecule has 2 aromatic heterocycles. The fourth-order valence-electron chi connectivity index (χ4n) is 2.97. The van der Waals surface area contributed by atoms with Crippen LogP contribution in [0.4, 0.5) is 5.69 Å². The molecular formula is C21H28N6O4S. The van der Waals surface area contributed by atoms with E-state index in [2.05, 4.69) is 20.6 Å². The second kappa shape index (κ2) is 11.5. The van der Waals surface area contributed by atoms with Gasteiger partial charge in [0, 0.05) is 31.6 Å². The molecule has 0 unspecified atom stereocenters. The highest BCUT2D eigenvalue weighted by molar-refractivity contribution is 7.99. The van der Waals surface area contributed by atoms with Crippen molar-refractivity contribution in [2.45, 2.75) is 32.1 Å². The molecule has 1 N–H and O–H groups in total. The molecule has 0 saturated carbocycles. The van der Waals surface area contributed by atoms with Crippen LogP contribution in [-0.4, -0.2) is 63.6 Å². The number of carbonyl (C=O) groups is 1. The summed E-state index contributed by atoms with van der Waals surface area (Å²) in [6, 6.07) is 7.22. The van der Waals surface area contributed by atoms with Crippen molar-refractivity contribution in [2.24, 2.45) is 0 Å². The molecule has 0 atom stereocenters. The van der Waals surface area contributed by atoms with E-state index in [0.717, 1.165) is 5.56 Å². The van der Waals surface area contributed by atoms with Gasteiger partial charge in [-0.2, -0.15) is 0 Å². The van der Waals surface area contributed by atoms with E-state index in [9.17, 15) is 4.79 Å². The standard InChI is InChI=1S/C21H28N6O4S/c1-5-26-13-17(20(25-26)31-6-2)19-23-24-21(27(19)10-11-29-3)32-14-18(28)22-15-8-7-9-16(12-15)30-4/h7-9,12-13H,5-6,10-11,14H2,1-4H3,(H,22,28). The van der Waals surface area contributed by atoms with Crippen molar-refractivity contribution in [3.8, 4) is 23.0 Å². The number of hydrogen-bond acceptors (Lipinski definition) is 8. The molecule has 0 saturated heterocycles. The number of aromatic nitrogens is 5. The second-order valence-electron chi connectivity index (χ2n) is 6.66. The summed E-state index contributed by atoms with van der Waals surface area (Å²) in [6.45, 7) is 6.11. The van der Waals surface area contributed by atoms with Gasteiger partial charge in [0.1, 0.15) is 11.3 Å². The molecule has 11 heteroatoms. The van der Waals surface area contributed by atoms with Crippen molar-refractivity contribution < 1.29 is 19.0 Å². The Kier molecular flexibility index (Phi) is 8.51. The molecule has 0 aliphatic heterocycles. The summed E-state index contributed by atoms with van der Waals surface area (Å²) in [5.74, 6) is 1.83. The fourth-order valence-corrected chi connectivity index (χ4v) is 3.73. The summed E-state index contributed by atoms with van der Waals surface area (Å²) in [6.07, 6.45) is 1.89. The number of anilines is 1. The number of ether oxygens (including phenoxy) is 3. The molecule has 172 valence electrons. The molecule has 1 aromatic carbocycles. The SMILES string of the molecule is CCOc1nn(CC)cc1-c1nnc(SCC(=O)Nc2cccc(OC)c2)n1CCOC. The summed E-state index contributed by atoms with van der Waals surface area (Å²) in [4.78, 5) is 12.5. The first-order valence-corrected chi connectivity index (χ1v) is 11.3. The topological polar surface area (TPSA) is 105 Å². The number of nitrogens with one attached hydrogen (secondary N) is 1. The molecule has 0 fully saturated rings. The molecule has 10 nitrogen and oxygen atoms in total. The Morgan fingerprint density at radius 2 is 2.06 bits per heavy atom. The van der Waals surface area contributed by atoms with Crippen LogP contribution in [0, 0.1) is 0 Å². The van der Waals surface area contributed by atoms with Crippen LogP contribution in [-0.2, 0) is 22.6 Å². The number of hydrogen-bond donors (Lipinski definition) is 1. The van der Waals surface area contributed by atoms with Crippen molar-refractivity contribution in [1.82, 2.24) is 24.5 Å². The van der Waals surface area contributed by atoms with Gasteiger partial charge >= 0.3 is 0 Å². The Morgan fingerprint density at radius 3 is 2.78 bits per heavy atom. The number of thioether (sulfide) groups is 1. The smallest absolute Gasteiger partial charge is 0.243 e. The monoisotopic (exact) mass is 460 g/mol. The van der Waals surface area contributed by atoms with Gasteiger partial charge in [0.25, 0.3) is 0 Å². The van der Waals surface area contributed by atoms with Gasteiger partial charge in [-0.15, -0.1) is 15.3 Å². The molecule has 0 aliphatic carbocycles. The Hall–Kier alpha value is -3.05. The Balaban J connectivity index is 1.78. The van der Waals surface area contributed by atoms with Crippen LogP contribution < -0.4 is 14.8 Å². The van der Waals surface area contributed by atoms with Gasteiger partial charge in [0.15, 0.2) is 11.0 Å². The number of amides is 1. The first-order valence-electron chi connectivity index (χ1n) is 10.3. The molecule has 0 spiro atoms. The minimum Gasteiger partial charge on any atom is -0.497 e. The van der Waals surface area contributed by atoms with Gasteiger partial charge in [-0.3, -0.25) is 14.0 Å². The van der Waals surface area contributed by atoms with Crippen LogP contribution in [0.5, 0.6) is 11.6 Å². The average molecular weight is 461 g/mol. The van der Waals surface area contributed by atoms with Crippen LogP contribution in [0.25, 0.3) is 11.4 Å². The summed E-state index contributed by atoms with van der Waals surface area (Å²) in [5, 5.41) is 16.6. The van der Waals surface area contributed by atoms with Crippen LogP contribution in [0.3, 0.4) is 0 Å². The zero-order valence-corrected chi connectivity index (χ0v) is 19.5. The highest BCUT2D eigenvalue weighted by Gasteiger charge is 2.21. The number of benzene rings is 1. The van der Waals surface area contributed by atoms with Gasteiger partial charge in [-0.05, 0) is 26.0 Å². The molecule has 3 rings (SSSR count). The van der Waals surface area contributed by atoms with Gasteiger partial charge in [0.2, 0.25) is 11.8 Å². The van der Waals surface area contributed by atoms with Crippen LogP contribution in [0.2, 0.25) is 0 Å². The minimum absolute atomic E-state index is 0.153. The van der Waals surface area contributed by atoms with Gasteiger partial charge in [-0.25, -0.2) is 0 Å². The average Bonchev–Trinajstić information content (AvgIpc) is 3.39. The lowest BCUT2D eigenvalue weighted by molar-refractivity contribution is -0.113. The summed E-state index contributed by atoms with van der Waals surface area (Å²) in [7, 11) is 3.22. The second-order valence-corrected chi connectivity index (χ2v) is 7.60. The van der Waals surface area contributed by atoms with Crippen LogP contribution in [0.15, 0.2) is 35.6 Å². The Bertz CT molecular complexity index is 1040. The van der Waals surface area contributed by atoms with Crippen molar-refractivity contribution in [1.29, 1.82) is 0 Å². The lowest BCUT2D eigenvalue weighted by Crippen LogP contribution is -2.15. The minimum atomic E-state index is -0.153. The maximum atomic E-state index is 12.5. The number of aryl methyl sites for hydroxylation is 1. The summed E-state index contributed by atoms with van der Waals surface area (Å²) >= 11 is 1.30. The first kappa shape index (κ1) is 23.6. The van der Waals surface area contributed by atoms with Crippen LogP contribution in [0.1, 0.15) is 13.8 Å². The lowest BCUT2D eigenvalue weighted by atomic mass is 10.3. The fraction of sp³-hybridized carbons (Fsp3) is 0.429. The van der Waals surface area contributed by atoms with Crippen molar-refractivity contribution in [3.05, 3.63) is 30.5 Å². The highest BCUT2D eigenvalue weighted by atomic mass is 32.2. The van der Waals surface area contributed by atoms with E-state index in [1.165, 1.54) is 11.8 Å². The first-order chi connectivity index (χ1) is 15.6. The van der Waals surface area contributed by atoms with E-state index in [4.69, 9.17) is 14.2 Å². The van der Waals surface area contributed by atoms with E-state index in [0.29, 0.717) is 54.6 Å². The number of nitrogens with zero attached hydrogens (tertiary/aromatic N) is 5. The van der Waals surface area contributed by atoms with E-state index >= 15 is 0 Å². The molecule has 1 amide bonds. The zero-order chi connectivity index (χ0) is 22.9. The summed E-state index contributed by atoms with van der Waals surface area (Å²) < 4.78 is 19.9. The third kappa shape index (κ3) is 5.80. The number of carbonyl (C=O) groups excluding carboxylic acids is 1. The maximum Gasteiger partial charge on any atom is 0.243 e. The highest BCUT2D eigenvalue weighted by Crippen LogP contribution is 2.30. The van der Waals surface area contributed by atoms with Crippen molar-refractivity contribution in [3.63, 3.8) is 0 Å². The molecule has 32 heavy (non-hydrogen) atoms. The number of methoxy groups -OCH3 is 2. The number of rotatable bonds is 12. The molecule has 3 aromatic rings. The molecule has 2 heterocycles. The predicted octanol–water partition coefficient (Wildman–Crippen LogP) is 2.95. The predicted molar refractivity (Wildman–Crippen MR) is 122 cm³/mol. The molecule has 0 radical (unpaired) electrons. The van der Waals surface area contributed by atoms with E-state index in [-0.39, 0.29) is 11.7 Å². The quantitative estimate of drug-likeness (QED) is 0.411. The normalized spacial score (nSPS) is 10.9. The van der Waals surface area contributed by atoms with Gasteiger partial charge in [-0.1, -0.05) is 17.8 Å². The maximum absolute atomic E-state index is 12.5. The molecule has 0 bridgehead atoms. The van der Waals surface area contributed by atoms with Crippen molar-refractivity contribution >= 4 is 23.4 Å². The molecule has 0 aliphatic rings. The Morgan fingerprint density at radius 1 is 1.22 bits per heavy atom. The van der Waals surface area contributed by atoms with Gasteiger partial charge < -0.3 is 19.5 Å². The van der Waals surface area contributed by atoms with E-state index < -0.39 is 0 Å². The lowest BCUT2D eigenvalue weighted by Gasteiger charge is -2.10.